The first-order valence-corrected chi connectivity index (χ1v) is 5.95. The molecule has 1 unspecified atom stereocenters. The van der Waals surface area contributed by atoms with Crippen molar-refractivity contribution in [3.63, 3.8) is 0 Å². The van der Waals surface area contributed by atoms with Gasteiger partial charge in [0.15, 0.2) is 0 Å². The minimum atomic E-state index is -0.404. The van der Waals surface area contributed by atoms with Crippen molar-refractivity contribution in [3.8, 4) is 0 Å². The molecule has 0 spiro atoms. The van der Waals surface area contributed by atoms with Gasteiger partial charge in [0.25, 0.3) is 0 Å². The van der Waals surface area contributed by atoms with Crippen LogP contribution in [-0.4, -0.2) is 19.0 Å². The maximum absolute atomic E-state index is 11.7. The predicted octanol–water partition coefficient (Wildman–Crippen LogP) is 2.56. The van der Waals surface area contributed by atoms with Crippen LogP contribution < -0.4 is 5.32 Å². The molecule has 0 fully saturated rings. The summed E-state index contributed by atoms with van der Waals surface area (Å²) >= 11 is 0. The van der Waals surface area contributed by atoms with Crippen molar-refractivity contribution in [1.82, 2.24) is 0 Å². The molecule has 1 aromatic carbocycles. The zero-order valence-corrected chi connectivity index (χ0v) is 11.2. The van der Waals surface area contributed by atoms with Crippen LogP contribution in [0, 0.1) is 5.92 Å². The fraction of sp³-hybridized carbons (Fsp3) is 0.429. The Bertz CT molecular complexity index is 440. The number of carbonyl (C=O) groups is 2. The zero-order chi connectivity index (χ0) is 13.7. The van der Waals surface area contributed by atoms with E-state index in [1.54, 1.807) is 13.0 Å². The fourth-order valence-corrected chi connectivity index (χ4v) is 1.57. The summed E-state index contributed by atoms with van der Waals surface area (Å²) < 4.78 is 4.72. The molecule has 4 heteroatoms. The van der Waals surface area contributed by atoms with Gasteiger partial charge in [0.1, 0.15) is 0 Å². The number of carbonyl (C=O) groups excluding carboxylic acids is 2. The van der Waals surface area contributed by atoms with E-state index in [1.807, 2.05) is 32.0 Å². The predicted molar refractivity (Wildman–Crippen MR) is 70.3 cm³/mol. The third-order valence-electron chi connectivity index (χ3n) is 2.76. The van der Waals surface area contributed by atoms with Gasteiger partial charge in [-0.1, -0.05) is 32.0 Å². The molecule has 0 bridgehead atoms. The monoisotopic (exact) mass is 249 g/mol. The molecule has 0 saturated carbocycles. The largest absolute Gasteiger partial charge is 0.469 e. The molecule has 1 atom stereocenters. The Morgan fingerprint density at radius 1 is 1.17 bits per heavy atom. The summed E-state index contributed by atoms with van der Waals surface area (Å²) in [4.78, 5) is 23.2. The van der Waals surface area contributed by atoms with Gasteiger partial charge in [-0.15, -0.1) is 0 Å². The summed E-state index contributed by atoms with van der Waals surface area (Å²) in [5.74, 6) is -0.897. The summed E-state index contributed by atoms with van der Waals surface area (Å²) in [6.45, 7) is 5.40. The SMILES string of the molecule is COC(=O)C(C)c1ccccc1NC(=O)C(C)C. The Morgan fingerprint density at radius 3 is 2.33 bits per heavy atom. The third kappa shape index (κ3) is 3.32. The first kappa shape index (κ1) is 14.2. The van der Waals surface area contributed by atoms with E-state index in [0.29, 0.717) is 5.69 Å². The van der Waals surface area contributed by atoms with Gasteiger partial charge in [-0.3, -0.25) is 9.59 Å². The van der Waals surface area contributed by atoms with Crippen LogP contribution in [-0.2, 0) is 14.3 Å². The number of para-hydroxylation sites is 1. The lowest BCUT2D eigenvalue weighted by molar-refractivity contribution is -0.142. The molecular formula is C14H19NO3. The quantitative estimate of drug-likeness (QED) is 0.834. The molecule has 0 aliphatic carbocycles. The molecule has 1 amide bonds. The van der Waals surface area contributed by atoms with Crippen LogP contribution in [0.3, 0.4) is 0 Å². The van der Waals surface area contributed by atoms with E-state index in [9.17, 15) is 9.59 Å². The van der Waals surface area contributed by atoms with Gasteiger partial charge < -0.3 is 10.1 Å². The van der Waals surface area contributed by atoms with Crippen molar-refractivity contribution in [2.24, 2.45) is 5.92 Å². The van der Waals surface area contributed by atoms with E-state index in [1.165, 1.54) is 7.11 Å². The van der Waals surface area contributed by atoms with Crippen LogP contribution in [0.4, 0.5) is 5.69 Å². The Labute approximate surface area is 107 Å². The normalized spacial score (nSPS) is 12.1. The fourth-order valence-electron chi connectivity index (χ4n) is 1.57. The molecule has 98 valence electrons. The number of hydrogen-bond acceptors (Lipinski definition) is 3. The number of rotatable bonds is 4. The Morgan fingerprint density at radius 2 is 1.78 bits per heavy atom. The summed E-state index contributed by atoms with van der Waals surface area (Å²) in [5, 5.41) is 2.82. The van der Waals surface area contributed by atoms with E-state index < -0.39 is 5.92 Å². The second-order valence-electron chi connectivity index (χ2n) is 4.48. The highest BCUT2D eigenvalue weighted by Crippen LogP contribution is 2.25. The Kier molecular flexibility index (Phi) is 4.89. The number of ether oxygens (including phenoxy) is 1. The Hall–Kier alpha value is -1.84. The van der Waals surface area contributed by atoms with E-state index >= 15 is 0 Å². The van der Waals surface area contributed by atoms with Crippen molar-refractivity contribution in [2.75, 3.05) is 12.4 Å². The van der Waals surface area contributed by atoms with Crippen LogP contribution in [0.1, 0.15) is 32.3 Å². The number of anilines is 1. The number of amides is 1. The van der Waals surface area contributed by atoms with Crippen LogP contribution in [0.15, 0.2) is 24.3 Å². The topological polar surface area (TPSA) is 55.4 Å². The van der Waals surface area contributed by atoms with Crippen LogP contribution >= 0.6 is 0 Å². The number of benzene rings is 1. The highest BCUT2D eigenvalue weighted by atomic mass is 16.5. The molecule has 0 saturated heterocycles. The second-order valence-corrected chi connectivity index (χ2v) is 4.48. The average molecular weight is 249 g/mol. The molecule has 0 aliphatic rings. The first-order valence-electron chi connectivity index (χ1n) is 5.95. The number of hydrogen-bond donors (Lipinski definition) is 1. The van der Waals surface area contributed by atoms with Gasteiger partial charge in [0.05, 0.1) is 13.0 Å². The van der Waals surface area contributed by atoms with Crippen molar-refractivity contribution in [2.45, 2.75) is 26.7 Å². The lowest BCUT2D eigenvalue weighted by atomic mass is 9.99. The first-order chi connectivity index (χ1) is 8.47. The second kappa shape index (κ2) is 6.19. The summed E-state index contributed by atoms with van der Waals surface area (Å²) in [7, 11) is 1.36. The lowest BCUT2D eigenvalue weighted by Crippen LogP contribution is -2.20. The van der Waals surface area contributed by atoms with Gasteiger partial charge in [-0.05, 0) is 18.6 Å². The molecule has 4 nitrogen and oxygen atoms in total. The summed E-state index contributed by atoms with van der Waals surface area (Å²) in [5.41, 5.74) is 1.42. The van der Waals surface area contributed by atoms with Crippen molar-refractivity contribution in [3.05, 3.63) is 29.8 Å². The van der Waals surface area contributed by atoms with Crippen LogP contribution in [0.2, 0.25) is 0 Å². The van der Waals surface area contributed by atoms with Crippen LogP contribution in [0.5, 0.6) is 0 Å². The molecule has 0 aromatic heterocycles. The van der Waals surface area contributed by atoms with Crippen LogP contribution in [0.25, 0.3) is 0 Å². The molecule has 1 rings (SSSR count). The van der Waals surface area contributed by atoms with E-state index in [-0.39, 0.29) is 17.8 Å². The molecule has 0 radical (unpaired) electrons. The third-order valence-corrected chi connectivity index (χ3v) is 2.76. The molecule has 0 heterocycles. The average Bonchev–Trinajstić information content (AvgIpc) is 2.37. The number of nitrogens with one attached hydrogen (secondary N) is 1. The van der Waals surface area contributed by atoms with Gasteiger partial charge in [-0.25, -0.2) is 0 Å². The van der Waals surface area contributed by atoms with E-state index in [4.69, 9.17) is 4.74 Å². The zero-order valence-electron chi connectivity index (χ0n) is 11.2. The van der Waals surface area contributed by atoms with Gasteiger partial charge in [0, 0.05) is 11.6 Å². The maximum atomic E-state index is 11.7. The lowest BCUT2D eigenvalue weighted by Gasteiger charge is -2.16. The molecule has 18 heavy (non-hydrogen) atoms. The molecular weight excluding hydrogens is 230 g/mol. The minimum Gasteiger partial charge on any atom is -0.469 e. The van der Waals surface area contributed by atoms with Crippen molar-refractivity contribution < 1.29 is 14.3 Å². The molecule has 0 aliphatic heterocycles. The van der Waals surface area contributed by atoms with Crippen molar-refractivity contribution in [1.29, 1.82) is 0 Å². The summed E-state index contributed by atoms with van der Waals surface area (Å²) in [6.07, 6.45) is 0. The smallest absolute Gasteiger partial charge is 0.312 e. The van der Waals surface area contributed by atoms with Gasteiger partial charge in [0.2, 0.25) is 5.91 Å². The van der Waals surface area contributed by atoms with Gasteiger partial charge in [-0.2, -0.15) is 0 Å². The highest BCUT2D eigenvalue weighted by Gasteiger charge is 2.20. The standard InChI is InChI=1S/C14H19NO3/c1-9(2)13(16)15-12-8-6-5-7-11(12)10(3)14(17)18-4/h5-10H,1-4H3,(H,15,16). The number of esters is 1. The summed E-state index contributed by atoms with van der Waals surface area (Å²) in [6, 6.07) is 7.26. The molecule has 1 aromatic rings. The van der Waals surface area contributed by atoms with Gasteiger partial charge >= 0.3 is 5.97 Å². The Balaban J connectivity index is 2.99. The molecule has 1 N–H and O–H groups in total. The number of methoxy groups -OCH3 is 1. The highest BCUT2D eigenvalue weighted by molar-refractivity contribution is 5.94. The van der Waals surface area contributed by atoms with E-state index in [2.05, 4.69) is 5.32 Å². The minimum absolute atomic E-state index is 0.0699. The van der Waals surface area contributed by atoms with E-state index in [0.717, 1.165) is 5.56 Å². The van der Waals surface area contributed by atoms with Crippen molar-refractivity contribution >= 4 is 17.6 Å². The maximum Gasteiger partial charge on any atom is 0.312 e.